The zero-order valence-corrected chi connectivity index (χ0v) is 18.7. The fraction of sp³-hybridized carbons (Fsp3) is 0.364. The van der Waals surface area contributed by atoms with Crippen LogP contribution >= 0.6 is 21.6 Å². The maximum absolute atomic E-state index is 13.7. The normalized spacial score (nSPS) is 10.7. The Morgan fingerprint density at radius 2 is 1.17 bits per heavy atom. The van der Waals surface area contributed by atoms with Crippen molar-refractivity contribution in [3.63, 3.8) is 0 Å². The highest BCUT2D eigenvalue weighted by molar-refractivity contribution is 8.76. The van der Waals surface area contributed by atoms with Crippen LogP contribution in [0.25, 0.3) is 0 Å². The summed E-state index contributed by atoms with van der Waals surface area (Å²) in [5, 5.41) is 5.58. The summed E-state index contributed by atoms with van der Waals surface area (Å²) in [7, 11) is 2.46. The topological polar surface area (TPSA) is 58.2 Å². The maximum Gasteiger partial charge on any atom is 0.252 e. The highest BCUT2D eigenvalue weighted by Crippen LogP contribution is 2.41. The third-order valence-electron chi connectivity index (χ3n) is 4.23. The van der Waals surface area contributed by atoms with Gasteiger partial charge in [0.2, 0.25) is 0 Å². The van der Waals surface area contributed by atoms with Crippen molar-refractivity contribution < 1.29 is 18.4 Å². The molecule has 2 aromatic carbocycles. The van der Waals surface area contributed by atoms with E-state index in [-0.39, 0.29) is 22.9 Å². The minimum Gasteiger partial charge on any atom is -0.352 e. The van der Waals surface area contributed by atoms with Crippen LogP contribution in [0.15, 0.2) is 46.2 Å². The van der Waals surface area contributed by atoms with E-state index in [1.165, 1.54) is 58.0 Å². The summed E-state index contributed by atoms with van der Waals surface area (Å²) in [5.74, 6) is -1.68. The molecule has 0 heterocycles. The molecule has 0 unspecified atom stereocenters. The average Bonchev–Trinajstić information content (AvgIpc) is 2.73. The van der Waals surface area contributed by atoms with E-state index >= 15 is 0 Å². The van der Waals surface area contributed by atoms with Crippen LogP contribution in [-0.2, 0) is 0 Å². The molecule has 0 aliphatic heterocycles. The van der Waals surface area contributed by atoms with Gasteiger partial charge in [0.15, 0.2) is 0 Å². The van der Waals surface area contributed by atoms with Gasteiger partial charge in [-0.1, -0.05) is 48.3 Å². The minimum absolute atomic E-state index is 0.236. The van der Waals surface area contributed by atoms with Crippen LogP contribution in [0.5, 0.6) is 0 Å². The van der Waals surface area contributed by atoms with Gasteiger partial charge in [-0.15, -0.1) is 0 Å². The van der Waals surface area contributed by atoms with E-state index in [4.69, 9.17) is 0 Å². The van der Waals surface area contributed by atoms with Gasteiger partial charge in [-0.05, 0) is 49.2 Å². The Kier molecular flexibility index (Phi) is 10.2. The lowest BCUT2D eigenvalue weighted by Crippen LogP contribution is -2.25. The van der Waals surface area contributed by atoms with Crippen LogP contribution in [0.4, 0.5) is 8.78 Å². The molecule has 0 bridgehead atoms. The summed E-state index contributed by atoms with van der Waals surface area (Å²) in [6.07, 6.45) is 3.55. The third-order valence-corrected chi connectivity index (χ3v) is 6.71. The van der Waals surface area contributed by atoms with E-state index in [0.717, 1.165) is 25.7 Å². The molecule has 0 atom stereocenters. The molecule has 30 heavy (non-hydrogen) atoms. The Morgan fingerprint density at radius 1 is 0.767 bits per heavy atom. The first-order chi connectivity index (χ1) is 14.5. The summed E-state index contributed by atoms with van der Waals surface area (Å²) in [4.78, 5) is 26.0. The molecule has 0 radical (unpaired) electrons. The summed E-state index contributed by atoms with van der Waals surface area (Å²) < 4.78 is 27.5. The molecule has 2 N–H and O–H groups in total. The maximum atomic E-state index is 13.7. The molecular formula is C22H26F2N2O2S2. The molecule has 0 spiro atoms. The van der Waals surface area contributed by atoms with Crippen LogP contribution in [-0.4, -0.2) is 24.9 Å². The van der Waals surface area contributed by atoms with E-state index in [2.05, 4.69) is 10.6 Å². The molecule has 0 fully saturated rings. The third kappa shape index (κ3) is 7.32. The Bertz CT molecular complexity index is 807. The van der Waals surface area contributed by atoms with Crippen molar-refractivity contribution in [1.82, 2.24) is 10.6 Å². The lowest BCUT2D eigenvalue weighted by Gasteiger charge is -2.12. The number of hydrogen-bond donors (Lipinski definition) is 2. The predicted molar refractivity (Wildman–Crippen MR) is 119 cm³/mol. The zero-order valence-electron chi connectivity index (χ0n) is 17.1. The average molecular weight is 453 g/mol. The molecular weight excluding hydrogens is 426 g/mol. The second kappa shape index (κ2) is 12.6. The fourth-order valence-electron chi connectivity index (χ4n) is 2.54. The molecule has 2 aromatic rings. The SMILES string of the molecule is CCCCNC(=O)c1cc(F)ccc1SSc1ccc(F)cc1C(=O)NCCCC. The van der Waals surface area contributed by atoms with Crippen LogP contribution in [0, 0.1) is 11.6 Å². The second-order valence-corrected chi connectivity index (χ2v) is 8.88. The van der Waals surface area contributed by atoms with E-state index in [1.54, 1.807) is 0 Å². The highest BCUT2D eigenvalue weighted by Gasteiger charge is 2.17. The molecule has 0 aliphatic rings. The first kappa shape index (κ1) is 24.2. The lowest BCUT2D eigenvalue weighted by molar-refractivity contribution is 0.0941. The van der Waals surface area contributed by atoms with Crippen LogP contribution < -0.4 is 10.6 Å². The molecule has 4 nitrogen and oxygen atoms in total. The van der Waals surface area contributed by atoms with Crippen molar-refractivity contribution in [3.8, 4) is 0 Å². The summed E-state index contributed by atoms with van der Waals surface area (Å²) >= 11 is 0. The molecule has 0 aromatic heterocycles. The van der Waals surface area contributed by atoms with E-state index < -0.39 is 11.6 Å². The van der Waals surface area contributed by atoms with Gasteiger partial charge in [0.05, 0.1) is 11.1 Å². The number of hydrogen-bond acceptors (Lipinski definition) is 4. The second-order valence-electron chi connectivity index (χ2n) is 6.67. The van der Waals surface area contributed by atoms with Crippen molar-refractivity contribution in [2.45, 2.75) is 49.3 Å². The van der Waals surface area contributed by atoms with Gasteiger partial charge >= 0.3 is 0 Å². The number of halogens is 2. The minimum atomic E-state index is -0.497. The van der Waals surface area contributed by atoms with E-state index in [1.807, 2.05) is 13.8 Å². The largest absolute Gasteiger partial charge is 0.352 e. The smallest absolute Gasteiger partial charge is 0.252 e. The monoisotopic (exact) mass is 452 g/mol. The Hall–Kier alpha value is -2.06. The molecule has 2 amide bonds. The Morgan fingerprint density at radius 3 is 1.53 bits per heavy atom. The van der Waals surface area contributed by atoms with Crippen molar-refractivity contribution >= 4 is 33.4 Å². The molecule has 0 saturated heterocycles. The molecule has 0 aliphatic carbocycles. The zero-order chi connectivity index (χ0) is 21.9. The van der Waals surface area contributed by atoms with E-state index in [9.17, 15) is 18.4 Å². The number of unbranched alkanes of at least 4 members (excludes halogenated alkanes) is 2. The first-order valence-electron chi connectivity index (χ1n) is 9.96. The molecule has 2 rings (SSSR count). The summed E-state index contributed by atoms with van der Waals surface area (Å²) in [5.41, 5.74) is 0.472. The van der Waals surface area contributed by atoms with Crippen LogP contribution in [0.2, 0.25) is 0 Å². The van der Waals surface area contributed by atoms with E-state index in [0.29, 0.717) is 22.9 Å². The quantitative estimate of drug-likeness (QED) is 0.333. The Balaban J connectivity index is 2.17. The van der Waals surface area contributed by atoms with Gasteiger partial charge in [-0.2, -0.15) is 0 Å². The highest BCUT2D eigenvalue weighted by atomic mass is 33.1. The van der Waals surface area contributed by atoms with Crippen LogP contribution in [0.3, 0.4) is 0 Å². The van der Waals surface area contributed by atoms with Crippen molar-refractivity contribution in [3.05, 3.63) is 59.2 Å². The number of amides is 2. The van der Waals surface area contributed by atoms with Gasteiger partial charge < -0.3 is 10.6 Å². The van der Waals surface area contributed by atoms with Crippen molar-refractivity contribution in [2.24, 2.45) is 0 Å². The van der Waals surface area contributed by atoms with Gasteiger partial charge in [-0.25, -0.2) is 8.78 Å². The number of carbonyl (C=O) groups excluding carboxylic acids is 2. The first-order valence-corrected chi connectivity index (χ1v) is 12.1. The lowest BCUT2D eigenvalue weighted by atomic mass is 10.2. The fourth-order valence-corrected chi connectivity index (χ4v) is 4.86. The molecule has 162 valence electrons. The van der Waals surface area contributed by atoms with Gasteiger partial charge in [0.1, 0.15) is 11.6 Å². The predicted octanol–water partition coefficient (Wildman–Crippen LogP) is 5.82. The van der Waals surface area contributed by atoms with Crippen molar-refractivity contribution in [1.29, 1.82) is 0 Å². The Labute approximate surface area is 184 Å². The standard InChI is InChI=1S/C22H26F2N2O2S2/c1-3-5-11-25-21(27)17-13-15(23)7-9-19(17)29-30-20-10-8-16(24)14-18(20)22(28)26-12-6-4-2/h7-10,13-14H,3-6,11-12H2,1-2H3,(H,25,27)(H,26,28). The van der Waals surface area contributed by atoms with Gasteiger partial charge in [-0.3, -0.25) is 9.59 Å². The number of carbonyl (C=O) groups is 2. The number of benzene rings is 2. The van der Waals surface area contributed by atoms with Gasteiger partial charge in [0.25, 0.3) is 11.8 Å². The summed E-state index contributed by atoms with van der Waals surface area (Å²) in [6, 6.07) is 8.04. The molecule has 0 saturated carbocycles. The number of rotatable bonds is 11. The summed E-state index contributed by atoms with van der Waals surface area (Å²) in [6.45, 7) is 5.07. The van der Waals surface area contributed by atoms with Gasteiger partial charge in [0, 0.05) is 22.9 Å². The van der Waals surface area contributed by atoms with Crippen molar-refractivity contribution in [2.75, 3.05) is 13.1 Å². The van der Waals surface area contributed by atoms with Crippen LogP contribution in [0.1, 0.15) is 60.2 Å². The number of nitrogens with one attached hydrogen (secondary N) is 2. The molecule has 8 heteroatoms.